The van der Waals surface area contributed by atoms with Gasteiger partial charge in [0.25, 0.3) is 0 Å². The number of nitrogens with zero attached hydrogens (tertiary/aromatic N) is 2. The number of aryl methyl sites for hydroxylation is 1. The summed E-state index contributed by atoms with van der Waals surface area (Å²) >= 11 is -0.729. The quantitative estimate of drug-likeness (QED) is 0.828. The number of carbonyl (C=O) groups is 1. The van der Waals surface area contributed by atoms with E-state index >= 15 is 0 Å². The summed E-state index contributed by atoms with van der Waals surface area (Å²) in [4.78, 5) is 19.4. The van der Waals surface area contributed by atoms with Gasteiger partial charge in [-0.25, -0.2) is 0 Å². The number of benzene rings is 1. The van der Waals surface area contributed by atoms with E-state index in [4.69, 9.17) is 9.84 Å². The van der Waals surface area contributed by atoms with Crippen LogP contribution in [0.3, 0.4) is 0 Å². The Labute approximate surface area is 125 Å². The molecule has 0 fully saturated rings. The first kappa shape index (κ1) is 13.1. The van der Waals surface area contributed by atoms with Crippen LogP contribution in [0.25, 0.3) is 6.08 Å². The summed E-state index contributed by atoms with van der Waals surface area (Å²) in [6.07, 6.45) is 3.49. The molecule has 98 valence electrons. The second-order valence-corrected chi connectivity index (χ2v) is 7.43. The van der Waals surface area contributed by atoms with Crippen molar-refractivity contribution in [2.24, 2.45) is 0 Å². The van der Waals surface area contributed by atoms with Gasteiger partial charge in [0.15, 0.2) is 0 Å². The minimum atomic E-state index is -0.975. The number of carboxylic acid groups (broad SMARTS) is 1. The van der Waals surface area contributed by atoms with Crippen molar-refractivity contribution in [1.82, 2.24) is 9.97 Å². The molecule has 20 heavy (non-hydrogen) atoms. The molecular formula is C14H10N2O3Sn. The molecule has 1 aliphatic heterocycles. The first-order chi connectivity index (χ1) is 9.65. The van der Waals surface area contributed by atoms with Crippen molar-refractivity contribution in [2.45, 2.75) is 6.92 Å². The third-order valence-electron chi connectivity index (χ3n) is 2.96. The molecule has 0 spiro atoms. The van der Waals surface area contributed by atoms with E-state index in [-0.39, 0.29) is 5.56 Å². The monoisotopic (exact) mass is 374 g/mol. The molecule has 1 N–H and O–H groups in total. The fraction of sp³-hybridized carbons (Fsp3) is 0.0714. The number of aromatic carboxylic acids is 1. The summed E-state index contributed by atoms with van der Waals surface area (Å²) < 4.78 is 9.06. The second-order valence-electron chi connectivity index (χ2n) is 4.31. The van der Waals surface area contributed by atoms with Gasteiger partial charge in [0, 0.05) is 0 Å². The van der Waals surface area contributed by atoms with E-state index in [2.05, 4.69) is 14.1 Å². The Morgan fingerprint density at radius 3 is 3.00 bits per heavy atom. The number of hydrogen-bond donors (Lipinski definition) is 1. The molecule has 0 atom stereocenters. The molecular weight excluding hydrogens is 363 g/mol. The number of rotatable bonds is 3. The van der Waals surface area contributed by atoms with Crippen molar-refractivity contribution in [3.8, 4) is 11.6 Å². The van der Waals surface area contributed by atoms with Gasteiger partial charge >= 0.3 is 125 Å². The average Bonchev–Trinajstić information content (AvgIpc) is 2.90. The van der Waals surface area contributed by atoms with Crippen LogP contribution < -0.4 is 8.45 Å². The van der Waals surface area contributed by atoms with E-state index in [0.29, 0.717) is 11.6 Å². The van der Waals surface area contributed by atoms with Gasteiger partial charge in [-0.05, 0) is 0 Å². The van der Waals surface area contributed by atoms with E-state index in [1.165, 1.54) is 12.4 Å². The van der Waals surface area contributed by atoms with Crippen LogP contribution >= 0.6 is 0 Å². The third kappa shape index (κ3) is 2.40. The summed E-state index contributed by atoms with van der Waals surface area (Å²) in [5.74, 6) is 0.0310. The Morgan fingerprint density at radius 2 is 2.20 bits per heavy atom. The topological polar surface area (TPSA) is 72.3 Å². The van der Waals surface area contributed by atoms with Crippen LogP contribution in [0.15, 0.2) is 28.6 Å². The molecule has 1 aliphatic rings. The van der Waals surface area contributed by atoms with Crippen LogP contribution in [0, 0.1) is 6.92 Å². The third-order valence-corrected chi connectivity index (χ3v) is 5.83. The van der Waals surface area contributed by atoms with Gasteiger partial charge < -0.3 is 0 Å². The van der Waals surface area contributed by atoms with Crippen molar-refractivity contribution in [3.63, 3.8) is 0 Å². The zero-order chi connectivity index (χ0) is 14.1. The molecule has 2 aromatic rings. The summed E-state index contributed by atoms with van der Waals surface area (Å²) in [5.41, 5.74) is 1.99. The van der Waals surface area contributed by atoms with Crippen LogP contribution in [-0.2, 0) is 0 Å². The van der Waals surface area contributed by atoms with Gasteiger partial charge in [-0.3, -0.25) is 0 Å². The first-order valence-electron chi connectivity index (χ1n) is 5.95. The molecule has 0 unspecified atom stereocenters. The molecule has 0 bridgehead atoms. The Kier molecular flexibility index (Phi) is 3.43. The Morgan fingerprint density at radius 1 is 1.35 bits per heavy atom. The van der Waals surface area contributed by atoms with Crippen LogP contribution in [0.2, 0.25) is 0 Å². The molecule has 5 nitrogen and oxygen atoms in total. The molecule has 0 amide bonds. The number of aromatic nitrogens is 2. The van der Waals surface area contributed by atoms with Crippen LogP contribution in [-0.4, -0.2) is 42.2 Å². The first-order valence-corrected chi connectivity index (χ1v) is 9.02. The molecule has 2 heterocycles. The van der Waals surface area contributed by atoms with Crippen molar-refractivity contribution in [2.75, 3.05) is 0 Å². The van der Waals surface area contributed by atoms with Gasteiger partial charge in [-0.1, -0.05) is 0 Å². The zero-order valence-electron chi connectivity index (χ0n) is 10.6. The maximum atomic E-state index is 11.0. The maximum absolute atomic E-state index is 11.0. The van der Waals surface area contributed by atoms with Gasteiger partial charge in [0.05, 0.1) is 0 Å². The molecule has 3 rings (SSSR count). The molecule has 2 radical (unpaired) electrons. The van der Waals surface area contributed by atoms with Gasteiger partial charge in [0.2, 0.25) is 0 Å². The number of ether oxygens (including phenoxy) is 1. The fourth-order valence-corrected chi connectivity index (χ4v) is 4.41. The Balaban J connectivity index is 2.00. The number of carboxylic acids is 1. The number of hydrogen-bond acceptors (Lipinski definition) is 4. The fourth-order valence-electron chi connectivity index (χ4n) is 1.88. The summed E-state index contributed by atoms with van der Waals surface area (Å²) in [7, 11) is 0. The molecule has 1 aromatic heterocycles. The van der Waals surface area contributed by atoms with E-state index < -0.39 is 27.1 Å². The molecule has 0 saturated carbocycles. The summed E-state index contributed by atoms with van der Waals surface area (Å²) in [6.45, 7) is 1.87. The Hall–Kier alpha value is -1.89. The van der Waals surface area contributed by atoms with E-state index in [9.17, 15) is 4.79 Å². The Bertz CT molecular complexity index is 728. The molecule has 0 saturated heterocycles. The van der Waals surface area contributed by atoms with Crippen LogP contribution in [0.1, 0.15) is 21.5 Å². The summed E-state index contributed by atoms with van der Waals surface area (Å²) in [6, 6.07) is 4.81. The van der Waals surface area contributed by atoms with Crippen molar-refractivity contribution < 1.29 is 14.6 Å². The average molecular weight is 373 g/mol. The van der Waals surface area contributed by atoms with Crippen LogP contribution in [0.5, 0.6) is 11.6 Å². The SMILES string of the molecule is Cc1ccc(C(=O)O)cc1Oc1ncn[c]2c1C=[CH][Sn]2. The number of fused-ring (bicyclic) bond motifs is 1. The minimum absolute atomic E-state index is 0.198. The zero-order valence-corrected chi connectivity index (χ0v) is 13.5. The normalized spacial score (nSPS) is 12.2. The molecule has 6 heteroatoms. The summed E-state index contributed by atoms with van der Waals surface area (Å²) in [5, 5.41) is 9.04. The standard InChI is InChI=1S/C14H10N2O3.Sn/c1-3-10-7-15-8-16-13(10)19-12-6-11(14(17)18)5-4-9(12)2;/h1,3-6,8H,2H3,(H,17,18);. The predicted octanol–water partition coefficient (Wildman–Crippen LogP) is 1.59. The van der Waals surface area contributed by atoms with Crippen molar-refractivity contribution in [1.29, 1.82) is 0 Å². The van der Waals surface area contributed by atoms with E-state index in [1.54, 1.807) is 12.1 Å². The second kappa shape index (κ2) is 5.24. The predicted molar refractivity (Wildman–Crippen MR) is 74.7 cm³/mol. The van der Waals surface area contributed by atoms with Crippen molar-refractivity contribution in [3.05, 3.63) is 45.3 Å². The molecule has 0 aliphatic carbocycles. The van der Waals surface area contributed by atoms with Crippen molar-refractivity contribution >= 4 is 36.9 Å². The van der Waals surface area contributed by atoms with Crippen LogP contribution in [0.4, 0.5) is 0 Å². The van der Waals surface area contributed by atoms with Gasteiger partial charge in [0.1, 0.15) is 0 Å². The van der Waals surface area contributed by atoms with Gasteiger partial charge in [-0.15, -0.1) is 0 Å². The molecule has 1 aromatic carbocycles. The van der Waals surface area contributed by atoms with Gasteiger partial charge in [-0.2, -0.15) is 0 Å². The van der Waals surface area contributed by atoms with E-state index in [0.717, 1.165) is 14.8 Å². The van der Waals surface area contributed by atoms with E-state index in [1.807, 2.05) is 13.0 Å².